The maximum atomic E-state index is 13.5. The zero-order valence-corrected chi connectivity index (χ0v) is 18.2. The van der Waals surface area contributed by atoms with Crippen LogP contribution in [0.1, 0.15) is 16.1 Å². The van der Waals surface area contributed by atoms with E-state index in [2.05, 4.69) is 10.00 Å². The maximum absolute atomic E-state index is 13.5. The second kappa shape index (κ2) is 8.47. The van der Waals surface area contributed by atoms with Crippen molar-refractivity contribution in [1.82, 2.24) is 24.6 Å². The number of carbonyl (C=O) groups excluding carboxylic acids is 1. The molecule has 0 saturated carbocycles. The molecule has 8 nitrogen and oxygen atoms in total. The molecule has 0 unspecified atom stereocenters. The smallest absolute Gasteiger partial charge is 0.254 e. The number of furan rings is 1. The van der Waals surface area contributed by atoms with Gasteiger partial charge in [-0.15, -0.1) is 0 Å². The highest BCUT2D eigenvalue weighted by atomic mass is 16.5. The Labute approximate surface area is 186 Å². The first kappa shape index (κ1) is 20.3. The first-order chi connectivity index (χ1) is 15.6. The van der Waals surface area contributed by atoms with Crippen LogP contribution in [-0.2, 0) is 13.6 Å². The average molecular weight is 431 g/mol. The predicted octanol–water partition coefficient (Wildman–Crippen LogP) is 3.19. The second-order valence-electron chi connectivity index (χ2n) is 7.94. The number of rotatable bonds is 5. The minimum atomic E-state index is 0.0119. The molecule has 164 valence electrons. The Morgan fingerprint density at radius 1 is 1.12 bits per heavy atom. The van der Waals surface area contributed by atoms with E-state index in [1.54, 1.807) is 24.3 Å². The largest absolute Gasteiger partial charge is 0.497 e. The van der Waals surface area contributed by atoms with Gasteiger partial charge in [0.15, 0.2) is 5.65 Å². The van der Waals surface area contributed by atoms with Gasteiger partial charge in [0.2, 0.25) is 0 Å². The van der Waals surface area contributed by atoms with Crippen molar-refractivity contribution in [2.45, 2.75) is 6.54 Å². The lowest BCUT2D eigenvalue weighted by atomic mass is 10.1. The predicted molar refractivity (Wildman–Crippen MR) is 120 cm³/mol. The van der Waals surface area contributed by atoms with Crippen molar-refractivity contribution in [1.29, 1.82) is 0 Å². The van der Waals surface area contributed by atoms with Crippen LogP contribution in [0.3, 0.4) is 0 Å². The van der Waals surface area contributed by atoms with Crippen LogP contribution >= 0.6 is 0 Å². The highest BCUT2D eigenvalue weighted by Crippen LogP contribution is 2.27. The molecule has 1 aliphatic heterocycles. The van der Waals surface area contributed by atoms with E-state index in [1.807, 2.05) is 54.4 Å². The number of hydrogen-bond acceptors (Lipinski definition) is 6. The van der Waals surface area contributed by atoms with Crippen LogP contribution in [0.25, 0.3) is 22.3 Å². The molecular formula is C24H25N5O3. The Morgan fingerprint density at radius 2 is 1.91 bits per heavy atom. The van der Waals surface area contributed by atoms with Crippen LogP contribution in [0.15, 0.2) is 59.3 Å². The average Bonchev–Trinajstić information content (AvgIpc) is 3.48. The SMILES string of the molecule is COc1ccc(-c2cc(C(=O)N3CCN(Cc4ccco4)CC3)c3cnn(C)c3n2)cc1. The molecule has 8 heteroatoms. The Hall–Kier alpha value is -3.65. The fourth-order valence-electron chi connectivity index (χ4n) is 4.10. The molecule has 1 aliphatic rings. The van der Waals surface area contributed by atoms with Crippen LogP contribution in [0.2, 0.25) is 0 Å². The fourth-order valence-corrected chi connectivity index (χ4v) is 4.10. The lowest BCUT2D eigenvalue weighted by molar-refractivity contribution is 0.0622. The topological polar surface area (TPSA) is 76.6 Å². The number of carbonyl (C=O) groups is 1. The van der Waals surface area contributed by atoms with E-state index in [-0.39, 0.29) is 5.91 Å². The van der Waals surface area contributed by atoms with Gasteiger partial charge in [0.25, 0.3) is 5.91 Å². The standard InChI is InChI=1S/C24H25N5O3/c1-27-23-21(15-25-27)20(14-22(26-23)17-5-7-18(31-2)8-6-17)24(30)29-11-9-28(10-12-29)16-19-4-3-13-32-19/h3-8,13-15H,9-12,16H2,1-2H3. The third-order valence-electron chi connectivity index (χ3n) is 5.94. The summed E-state index contributed by atoms with van der Waals surface area (Å²) in [5.41, 5.74) is 2.99. The van der Waals surface area contributed by atoms with Crippen LogP contribution in [0.5, 0.6) is 5.75 Å². The molecule has 5 rings (SSSR count). The van der Waals surface area contributed by atoms with E-state index in [9.17, 15) is 4.79 Å². The molecule has 4 aromatic rings. The number of methoxy groups -OCH3 is 1. The molecule has 32 heavy (non-hydrogen) atoms. The summed E-state index contributed by atoms with van der Waals surface area (Å²) in [5.74, 6) is 1.73. The lowest BCUT2D eigenvalue weighted by Gasteiger charge is -2.34. The molecule has 0 aliphatic carbocycles. The van der Waals surface area contributed by atoms with Crippen molar-refractivity contribution in [3.8, 4) is 17.0 Å². The summed E-state index contributed by atoms with van der Waals surface area (Å²) in [6.45, 7) is 3.71. The molecule has 0 spiro atoms. The summed E-state index contributed by atoms with van der Waals surface area (Å²) in [6.07, 6.45) is 3.42. The summed E-state index contributed by atoms with van der Waals surface area (Å²) in [7, 11) is 3.48. The number of hydrogen-bond donors (Lipinski definition) is 0. The van der Waals surface area contributed by atoms with Crippen molar-refractivity contribution in [2.75, 3.05) is 33.3 Å². The Morgan fingerprint density at radius 3 is 2.59 bits per heavy atom. The molecule has 3 aromatic heterocycles. The van der Waals surface area contributed by atoms with Gasteiger partial charge in [-0.05, 0) is 42.5 Å². The highest BCUT2D eigenvalue weighted by molar-refractivity contribution is 6.06. The second-order valence-corrected chi connectivity index (χ2v) is 7.94. The Kier molecular flexibility index (Phi) is 5.36. The highest BCUT2D eigenvalue weighted by Gasteiger charge is 2.25. The first-order valence-electron chi connectivity index (χ1n) is 10.6. The van der Waals surface area contributed by atoms with Crippen molar-refractivity contribution < 1.29 is 13.9 Å². The van der Waals surface area contributed by atoms with Crippen LogP contribution < -0.4 is 4.74 Å². The van der Waals surface area contributed by atoms with Gasteiger partial charge in [0.05, 0.1) is 42.8 Å². The van der Waals surface area contributed by atoms with E-state index in [0.29, 0.717) is 24.3 Å². The van der Waals surface area contributed by atoms with Gasteiger partial charge in [-0.2, -0.15) is 5.10 Å². The molecule has 0 N–H and O–H groups in total. The van der Waals surface area contributed by atoms with Crippen molar-refractivity contribution in [2.24, 2.45) is 7.05 Å². The number of piperazine rings is 1. The summed E-state index contributed by atoms with van der Waals surface area (Å²) >= 11 is 0. The Balaban J connectivity index is 1.41. The number of ether oxygens (including phenoxy) is 1. The number of aryl methyl sites for hydroxylation is 1. The van der Waals surface area contributed by atoms with Gasteiger partial charge in [-0.25, -0.2) is 4.98 Å². The zero-order chi connectivity index (χ0) is 22.1. The molecule has 1 saturated heterocycles. The zero-order valence-electron chi connectivity index (χ0n) is 18.2. The summed E-state index contributed by atoms with van der Waals surface area (Å²) in [5, 5.41) is 5.12. The van der Waals surface area contributed by atoms with E-state index >= 15 is 0 Å². The fraction of sp³-hybridized carbons (Fsp3) is 0.292. The minimum absolute atomic E-state index is 0.0119. The third-order valence-corrected chi connectivity index (χ3v) is 5.94. The molecule has 0 bridgehead atoms. The van der Waals surface area contributed by atoms with Crippen LogP contribution in [0, 0.1) is 0 Å². The number of nitrogens with zero attached hydrogens (tertiary/aromatic N) is 5. The first-order valence-corrected chi connectivity index (χ1v) is 10.6. The van der Waals surface area contributed by atoms with E-state index < -0.39 is 0 Å². The maximum Gasteiger partial charge on any atom is 0.254 e. The molecule has 0 atom stereocenters. The van der Waals surface area contributed by atoms with E-state index in [4.69, 9.17) is 14.1 Å². The third kappa shape index (κ3) is 3.85. The van der Waals surface area contributed by atoms with Crippen molar-refractivity contribution in [3.63, 3.8) is 0 Å². The monoisotopic (exact) mass is 431 g/mol. The minimum Gasteiger partial charge on any atom is -0.497 e. The van der Waals surface area contributed by atoms with Crippen LogP contribution in [-0.4, -0.2) is 63.8 Å². The molecule has 1 aromatic carbocycles. The van der Waals surface area contributed by atoms with Crippen molar-refractivity contribution >= 4 is 16.9 Å². The lowest BCUT2D eigenvalue weighted by Crippen LogP contribution is -2.48. The van der Waals surface area contributed by atoms with Crippen LogP contribution in [0.4, 0.5) is 0 Å². The molecule has 4 heterocycles. The quantitative estimate of drug-likeness (QED) is 0.483. The number of fused-ring (bicyclic) bond motifs is 1. The van der Waals surface area contributed by atoms with E-state index in [0.717, 1.165) is 47.8 Å². The van der Waals surface area contributed by atoms with Crippen molar-refractivity contribution in [3.05, 3.63) is 66.2 Å². The molecule has 1 fully saturated rings. The summed E-state index contributed by atoms with van der Waals surface area (Å²) < 4.78 is 12.4. The van der Waals surface area contributed by atoms with Gasteiger partial charge >= 0.3 is 0 Å². The van der Waals surface area contributed by atoms with Gasteiger partial charge in [0.1, 0.15) is 11.5 Å². The van der Waals surface area contributed by atoms with Gasteiger partial charge < -0.3 is 14.1 Å². The Bertz CT molecular complexity index is 1220. The molecule has 0 radical (unpaired) electrons. The summed E-state index contributed by atoms with van der Waals surface area (Å²) in [4.78, 5) is 22.5. The number of benzene rings is 1. The summed E-state index contributed by atoms with van der Waals surface area (Å²) in [6, 6.07) is 13.4. The van der Waals surface area contributed by atoms with Gasteiger partial charge in [-0.1, -0.05) is 0 Å². The van der Waals surface area contributed by atoms with Gasteiger partial charge in [0, 0.05) is 38.8 Å². The number of amides is 1. The number of aromatic nitrogens is 3. The normalized spacial score (nSPS) is 14.8. The molecule has 1 amide bonds. The van der Waals surface area contributed by atoms with Gasteiger partial charge in [-0.3, -0.25) is 14.4 Å². The van der Waals surface area contributed by atoms with E-state index in [1.165, 1.54) is 0 Å². The molecular weight excluding hydrogens is 406 g/mol. The number of pyridine rings is 1.